The molecule has 0 aliphatic heterocycles. The van der Waals surface area contributed by atoms with Gasteiger partial charge in [-0.1, -0.05) is 82.1 Å². The number of carboxylic acid groups (broad SMARTS) is 3. The van der Waals surface area contributed by atoms with E-state index in [4.69, 9.17) is 50.0 Å². The highest BCUT2D eigenvalue weighted by Crippen LogP contribution is 2.18. The molecule has 50 heteroatoms. The van der Waals surface area contributed by atoms with Crippen LogP contribution in [0.3, 0.4) is 0 Å². The van der Waals surface area contributed by atoms with Gasteiger partial charge in [-0.05, 0) is 126 Å². The number of hydrogen-bond acceptors (Lipinski definition) is 27. The zero-order valence-corrected chi connectivity index (χ0v) is 72.9. The van der Waals surface area contributed by atoms with Crippen LogP contribution in [-0.4, -0.2) is 279 Å². The molecular formula is C75H132F3N21O25S. The van der Waals surface area contributed by atoms with E-state index in [0.717, 1.165) is 0 Å². The molecule has 0 rings (SSSR count). The Balaban J connectivity index is 0. The number of unbranched alkanes of at least 4 members (excludes halogenated alkanes) is 3. The molecule has 33 N–H and O–H groups in total. The van der Waals surface area contributed by atoms with Gasteiger partial charge >= 0.3 is 24.1 Å². The number of aliphatic hydroxyl groups is 2. The van der Waals surface area contributed by atoms with Crippen LogP contribution in [0.25, 0.3) is 0 Å². The number of aliphatic hydroxyl groups excluding tert-OH is 2. The van der Waals surface area contributed by atoms with Crippen molar-refractivity contribution >= 4 is 131 Å². The Morgan fingerprint density at radius 1 is 0.344 bits per heavy atom. The molecule has 0 saturated carbocycles. The number of amides is 17. The molecular weight excluding hydrogens is 1680 g/mol. The normalized spacial score (nSPS) is 15.4. The van der Waals surface area contributed by atoms with Crippen molar-refractivity contribution in [1.29, 1.82) is 0 Å². The molecule has 714 valence electrons. The third-order valence-corrected chi connectivity index (χ3v) is 19.5. The summed E-state index contributed by atoms with van der Waals surface area (Å²) in [4.78, 5) is 266. The van der Waals surface area contributed by atoms with E-state index in [1.54, 1.807) is 48.5 Å². The topological polar surface area (TPSA) is 793 Å². The van der Waals surface area contributed by atoms with Crippen molar-refractivity contribution in [3.05, 3.63) is 0 Å². The van der Waals surface area contributed by atoms with Gasteiger partial charge in [-0.15, -0.1) is 0 Å². The molecule has 0 saturated heterocycles. The van der Waals surface area contributed by atoms with E-state index in [1.165, 1.54) is 13.8 Å². The summed E-state index contributed by atoms with van der Waals surface area (Å²) in [5.74, 6) is -27.3. The lowest BCUT2D eigenvalue weighted by molar-refractivity contribution is -0.192. The molecule has 46 nitrogen and oxygen atoms in total. The van der Waals surface area contributed by atoms with Crippen LogP contribution in [0.5, 0.6) is 0 Å². The summed E-state index contributed by atoms with van der Waals surface area (Å²) in [5.41, 5.74) is 39.7. The Morgan fingerprint density at radius 2 is 0.616 bits per heavy atom. The monoisotopic (exact) mass is 1820 g/mol. The number of thiol groups is 1. The minimum Gasteiger partial charge on any atom is -0.481 e. The van der Waals surface area contributed by atoms with Crippen LogP contribution < -0.4 is 115 Å². The summed E-state index contributed by atoms with van der Waals surface area (Å²) in [6.07, 6.45) is -7.25. The Labute approximate surface area is 727 Å². The number of nitrogens with two attached hydrogens (primary N) is 7. The average Bonchev–Trinajstić information content (AvgIpc) is 0.854. The van der Waals surface area contributed by atoms with Crippen molar-refractivity contribution in [2.45, 2.75) is 282 Å². The summed E-state index contributed by atoms with van der Waals surface area (Å²) < 4.78 is 31.7. The first-order valence-electron chi connectivity index (χ1n) is 40.8. The van der Waals surface area contributed by atoms with Crippen molar-refractivity contribution in [3.8, 4) is 0 Å². The van der Waals surface area contributed by atoms with Gasteiger partial charge in [-0.3, -0.25) is 86.3 Å². The lowest BCUT2D eigenvalue weighted by Gasteiger charge is -2.29. The van der Waals surface area contributed by atoms with Crippen LogP contribution in [-0.2, 0) is 95.9 Å². The van der Waals surface area contributed by atoms with Crippen LogP contribution in [0.4, 0.5) is 13.2 Å². The summed E-state index contributed by atoms with van der Waals surface area (Å²) >= 11 is 3.92. The Hall–Kier alpha value is -10.7. The van der Waals surface area contributed by atoms with Crippen LogP contribution in [0.1, 0.15) is 185 Å². The first kappa shape index (κ1) is 116. The Morgan fingerprint density at radius 3 is 0.912 bits per heavy atom. The molecule has 0 aromatic carbocycles. The number of nitrogens with one attached hydrogen (secondary N) is 14. The second-order valence-electron chi connectivity index (χ2n) is 31.0. The Kier molecular flexibility index (Phi) is 56.6. The van der Waals surface area contributed by atoms with Gasteiger partial charge in [0.05, 0.1) is 38.5 Å². The minimum atomic E-state index is -5.08. The number of primary amides is 3. The van der Waals surface area contributed by atoms with E-state index in [2.05, 4.69) is 87.1 Å². The number of carbonyl (C=O) groups excluding carboxylic acids is 17. The molecule has 0 spiro atoms. The number of carboxylic acids is 3. The SMILES string of the molecule is CC[C@H](C)[C@H](N)C(=O)N[C@H](C(=O)N[C@@H](CC(N)=O)C(=O)N[C@@H](CCCCN)C(=O)N[C@@H](CCCCN)C(=O)N[C@@H](CC(C)C)C(=O)N[C@@H](CC(=O)O)C(=O)N[C@@H](CC(C)C)C(=O)N[C@@H](CO)C(=O)N[C@@H](CC(N)=O)C(=O)N[C@H](C(=O)N[C@@H](CCC(N)=O)C(=O)N[C@@H](CO)C(=O)N[C@@H](CCCCN)C(=O)N[C@@H](CS)C(=O)O)C(C)C)[C@@H](C)CC.O=C(O)C(F)(F)F. The minimum absolute atomic E-state index is 0.0782. The van der Waals surface area contributed by atoms with E-state index in [-0.39, 0.29) is 82.7 Å². The maximum absolute atomic E-state index is 14.5. The van der Waals surface area contributed by atoms with Crippen molar-refractivity contribution in [1.82, 2.24) is 74.4 Å². The van der Waals surface area contributed by atoms with Gasteiger partial charge in [0.25, 0.3) is 0 Å². The summed E-state index contributed by atoms with van der Waals surface area (Å²) in [6.45, 7) is 14.4. The largest absolute Gasteiger partial charge is 0.490 e. The maximum atomic E-state index is 14.5. The van der Waals surface area contributed by atoms with Crippen molar-refractivity contribution in [2.75, 3.05) is 38.6 Å². The molecule has 0 unspecified atom stereocenters. The Bertz CT molecular complexity index is 3590. The summed E-state index contributed by atoms with van der Waals surface area (Å²) in [6, 6.07) is -24.5. The van der Waals surface area contributed by atoms with Gasteiger partial charge in [0.1, 0.15) is 84.6 Å². The van der Waals surface area contributed by atoms with Gasteiger partial charge in [-0.2, -0.15) is 25.8 Å². The van der Waals surface area contributed by atoms with E-state index in [1.807, 2.05) is 6.92 Å². The van der Waals surface area contributed by atoms with Gasteiger partial charge in [0, 0.05) is 12.2 Å². The molecule has 0 aromatic rings. The van der Waals surface area contributed by atoms with Crippen LogP contribution in [0.2, 0.25) is 0 Å². The molecule has 0 bridgehead atoms. The molecule has 0 radical (unpaired) electrons. The molecule has 17 amide bonds. The standard InChI is InChI=1S/C73H131N21O23S.C2HF3O2/c1-11-38(9)56(80)70(113)94-58(39(10)12-2)72(115)89-46(29-53(78)98)65(108)82-40(19-13-16-24-74)59(102)81-41(20-14-17-25-75)60(103)85-44(27-35(3)4)63(106)88-48(31-55(100)101)66(109)86-45(28-36(5)6)64(107)91-50(33-96)69(112)87-47(30-54(79)99)67(110)93-57(37(7)8)71(114)84-43(22-23-52(77)97)62(105)90-49(32-95)68(111)83-42(21-15-18-26-76)61(104)92-51(34-118)73(116)117;3-2(4,5)1(6)7/h35-51,56-58,95-96,118H,11-34,74-76,80H2,1-10H3,(H2,77,97)(H2,78,98)(H2,79,99)(H,81,102)(H,82,108)(H,83,111)(H,84,114)(H,85,103)(H,86,109)(H,87,112)(H,88,106)(H,89,115)(H,90,105)(H,91,107)(H,92,104)(H,93,110)(H,94,113)(H,100,101)(H,116,117);(H,6,7)/t38-,39-,40-,41-,42-,43-,44-,45-,46-,47-,48-,49-,50-,51-,56-,57-,58-;/m0./s1. The van der Waals surface area contributed by atoms with Gasteiger partial charge in [-0.25, -0.2) is 9.59 Å². The quantitative estimate of drug-likeness (QED) is 0.0199. The fourth-order valence-corrected chi connectivity index (χ4v) is 11.8. The predicted molar refractivity (Wildman–Crippen MR) is 444 cm³/mol. The molecule has 0 fully saturated rings. The number of halogens is 3. The smallest absolute Gasteiger partial charge is 0.481 e. The van der Waals surface area contributed by atoms with E-state index in [0.29, 0.717) is 32.1 Å². The number of hydrogen-bond donors (Lipinski definition) is 27. The number of rotatable bonds is 62. The summed E-state index contributed by atoms with van der Waals surface area (Å²) in [5, 5.41) is 80.8. The van der Waals surface area contributed by atoms with Crippen molar-refractivity contribution < 1.29 is 135 Å². The van der Waals surface area contributed by atoms with E-state index in [9.17, 15) is 125 Å². The van der Waals surface area contributed by atoms with E-state index >= 15 is 0 Å². The number of aliphatic carboxylic acids is 3. The number of alkyl halides is 3. The van der Waals surface area contributed by atoms with Gasteiger partial charge in [0.15, 0.2) is 0 Å². The fraction of sp³-hybridized carbons (Fsp3) is 0.733. The molecule has 17 atom stereocenters. The van der Waals surface area contributed by atoms with Gasteiger partial charge in [0.2, 0.25) is 100 Å². The van der Waals surface area contributed by atoms with Crippen molar-refractivity contribution in [2.24, 2.45) is 69.7 Å². The van der Waals surface area contributed by atoms with Crippen molar-refractivity contribution in [3.63, 3.8) is 0 Å². The fourth-order valence-electron chi connectivity index (χ4n) is 11.5. The zero-order chi connectivity index (χ0) is 96.5. The third-order valence-electron chi connectivity index (χ3n) is 19.1. The van der Waals surface area contributed by atoms with E-state index < -0.39 is 284 Å². The second-order valence-corrected chi connectivity index (χ2v) is 31.4. The molecule has 0 aliphatic rings. The third kappa shape index (κ3) is 46.7. The highest BCUT2D eigenvalue weighted by Gasteiger charge is 2.42. The molecule has 0 aliphatic carbocycles. The molecule has 0 heterocycles. The lowest BCUT2D eigenvalue weighted by atomic mass is 9.95. The summed E-state index contributed by atoms with van der Waals surface area (Å²) in [7, 11) is 0. The van der Waals surface area contributed by atoms with Crippen LogP contribution >= 0.6 is 12.6 Å². The first-order chi connectivity index (χ1) is 58.2. The van der Waals surface area contributed by atoms with Crippen LogP contribution in [0.15, 0.2) is 0 Å². The predicted octanol–water partition coefficient (Wildman–Crippen LogP) is -7.55. The average molecular weight is 1820 g/mol. The lowest BCUT2D eigenvalue weighted by Crippen LogP contribution is -2.62. The number of carbonyl (C=O) groups is 20. The second kappa shape index (κ2) is 60.8. The highest BCUT2D eigenvalue weighted by molar-refractivity contribution is 7.80. The molecule has 125 heavy (non-hydrogen) atoms. The van der Waals surface area contributed by atoms with Crippen LogP contribution in [0, 0.1) is 29.6 Å². The molecule has 0 aromatic heterocycles. The first-order valence-corrected chi connectivity index (χ1v) is 41.4. The maximum Gasteiger partial charge on any atom is 0.490 e. The highest BCUT2D eigenvalue weighted by atomic mass is 32.1. The zero-order valence-electron chi connectivity index (χ0n) is 72.0. The van der Waals surface area contributed by atoms with Gasteiger partial charge < -0.3 is 140 Å².